The molecule has 2 aromatic carbocycles. The number of halogens is 1. The van der Waals surface area contributed by atoms with Gasteiger partial charge in [0.15, 0.2) is 0 Å². The van der Waals surface area contributed by atoms with Crippen LogP contribution in [-0.4, -0.2) is 15.2 Å². The second kappa shape index (κ2) is 6.61. The van der Waals surface area contributed by atoms with Crippen LogP contribution in [0.5, 0.6) is 0 Å². The Balaban J connectivity index is 2.00. The van der Waals surface area contributed by atoms with Gasteiger partial charge >= 0.3 is 0 Å². The normalized spacial score (nSPS) is 10.6. The van der Waals surface area contributed by atoms with Gasteiger partial charge in [-0.05, 0) is 42.0 Å². The molecule has 2 aromatic heterocycles. The summed E-state index contributed by atoms with van der Waals surface area (Å²) in [5.74, 6) is -0.279. The van der Waals surface area contributed by atoms with Gasteiger partial charge in [-0.25, -0.2) is 4.39 Å². The van der Waals surface area contributed by atoms with E-state index in [1.807, 2.05) is 48.5 Å². The summed E-state index contributed by atoms with van der Waals surface area (Å²) >= 11 is 0. The van der Waals surface area contributed by atoms with Gasteiger partial charge in [-0.3, -0.25) is 4.98 Å². The minimum Gasteiger partial charge on any atom is -0.256 e. The highest BCUT2D eigenvalue weighted by Gasteiger charge is 2.16. The number of pyridine rings is 1. The lowest BCUT2D eigenvalue weighted by molar-refractivity contribution is 0.628. The van der Waals surface area contributed by atoms with Crippen LogP contribution < -0.4 is 0 Å². The van der Waals surface area contributed by atoms with E-state index in [-0.39, 0.29) is 5.82 Å². The maximum atomic E-state index is 13.3. The predicted molar refractivity (Wildman–Crippen MR) is 96.1 cm³/mol. The molecule has 4 aromatic rings. The number of rotatable bonds is 3. The van der Waals surface area contributed by atoms with Gasteiger partial charge in [0.2, 0.25) is 0 Å². The van der Waals surface area contributed by atoms with Crippen molar-refractivity contribution in [2.45, 2.75) is 0 Å². The largest absolute Gasteiger partial charge is 0.256 e. The molecule has 0 N–H and O–H groups in total. The third-order valence-corrected chi connectivity index (χ3v) is 3.97. The summed E-state index contributed by atoms with van der Waals surface area (Å²) in [7, 11) is 0. The van der Waals surface area contributed by atoms with Crippen molar-refractivity contribution in [2.75, 3.05) is 0 Å². The standard InChI is InChI=1S/C21H14FN3/c22-17-11-9-16(10-12-17)21-20(15-6-2-1-3-7-15)18(14-24-25-21)19-8-4-5-13-23-19/h1-14H. The number of aromatic nitrogens is 3. The van der Waals surface area contributed by atoms with Gasteiger partial charge in [-0.15, -0.1) is 5.10 Å². The van der Waals surface area contributed by atoms with E-state index < -0.39 is 0 Å². The zero-order valence-corrected chi connectivity index (χ0v) is 13.3. The first kappa shape index (κ1) is 15.1. The third-order valence-electron chi connectivity index (χ3n) is 3.97. The Labute approximate surface area is 144 Å². The molecular weight excluding hydrogens is 313 g/mol. The van der Waals surface area contributed by atoms with E-state index in [9.17, 15) is 4.39 Å². The lowest BCUT2D eigenvalue weighted by Gasteiger charge is -2.13. The molecule has 2 heterocycles. The fourth-order valence-corrected chi connectivity index (χ4v) is 2.81. The van der Waals surface area contributed by atoms with Crippen LogP contribution in [0.2, 0.25) is 0 Å². The molecule has 3 nitrogen and oxygen atoms in total. The molecule has 0 bridgehead atoms. The Morgan fingerprint density at radius 2 is 1.48 bits per heavy atom. The first-order valence-electron chi connectivity index (χ1n) is 7.91. The molecule has 0 atom stereocenters. The molecule has 120 valence electrons. The van der Waals surface area contributed by atoms with E-state index in [2.05, 4.69) is 15.2 Å². The SMILES string of the molecule is Fc1ccc(-c2nncc(-c3ccccn3)c2-c2ccccc2)cc1. The molecule has 25 heavy (non-hydrogen) atoms. The van der Waals surface area contributed by atoms with Crippen LogP contribution in [0.1, 0.15) is 0 Å². The van der Waals surface area contributed by atoms with Crippen molar-refractivity contribution >= 4 is 0 Å². The Hall–Kier alpha value is -3.40. The van der Waals surface area contributed by atoms with Gasteiger partial charge in [0.25, 0.3) is 0 Å². The van der Waals surface area contributed by atoms with E-state index in [0.29, 0.717) is 5.69 Å². The summed E-state index contributed by atoms with van der Waals surface area (Å²) in [4.78, 5) is 4.46. The lowest BCUT2D eigenvalue weighted by Crippen LogP contribution is -1.97. The van der Waals surface area contributed by atoms with Crippen molar-refractivity contribution in [1.82, 2.24) is 15.2 Å². The molecule has 0 aliphatic carbocycles. The number of hydrogen-bond acceptors (Lipinski definition) is 3. The average molecular weight is 327 g/mol. The minimum absolute atomic E-state index is 0.279. The van der Waals surface area contributed by atoms with Gasteiger partial charge in [0, 0.05) is 22.9 Å². The quantitative estimate of drug-likeness (QED) is 0.531. The lowest BCUT2D eigenvalue weighted by atomic mass is 9.94. The molecule has 0 radical (unpaired) electrons. The first-order chi connectivity index (χ1) is 12.3. The van der Waals surface area contributed by atoms with Crippen molar-refractivity contribution in [1.29, 1.82) is 0 Å². The summed E-state index contributed by atoms with van der Waals surface area (Å²) in [6.07, 6.45) is 3.47. The average Bonchev–Trinajstić information content (AvgIpc) is 2.69. The molecule has 0 unspecified atom stereocenters. The molecule has 0 spiro atoms. The van der Waals surface area contributed by atoms with E-state index >= 15 is 0 Å². The first-order valence-corrected chi connectivity index (χ1v) is 7.91. The number of hydrogen-bond donors (Lipinski definition) is 0. The summed E-state index contributed by atoms with van der Waals surface area (Å²) < 4.78 is 13.3. The molecule has 0 aliphatic heterocycles. The van der Waals surface area contributed by atoms with Gasteiger partial charge < -0.3 is 0 Å². The van der Waals surface area contributed by atoms with Crippen molar-refractivity contribution in [3.8, 4) is 33.6 Å². The zero-order valence-electron chi connectivity index (χ0n) is 13.3. The zero-order chi connectivity index (χ0) is 17.1. The van der Waals surface area contributed by atoms with Crippen LogP contribution in [0.25, 0.3) is 33.6 Å². The summed E-state index contributed by atoms with van der Waals surface area (Å²) in [5.41, 5.74) is 5.17. The van der Waals surface area contributed by atoms with Crippen molar-refractivity contribution < 1.29 is 4.39 Å². The van der Waals surface area contributed by atoms with Crippen LogP contribution in [0.3, 0.4) is 0 Å². The molecule has 4 rings (SSSR count). The van der Waals surface area contributed by atoms with E-state index in [1.54, 1.807) is 24.5 Å². The van der Waals surface area contributed by atoms with Crippen LogP contribution in [0, 0.1) is 5.82 Å². The van der Waals surface area contributed by atoms with Crippen molar-refractivity contribution in [3.63, 3.8) is 0 Å². The van der Waals surface area contributed by atoms with Crippen LogP contribution in [-0.2, 0) is 0 Å². The van der Waals surface area contributed by atoms with Crippen molar-refractivity contribution in [3.05, 3.63) is 91.0 Å². The summed E-state index contributed by atoms with van der Waals surface area (Å²) in [5, 5.41) is 8.50. The molecule has 0 fully saturated rings. The summed E-state index contributed by atoms with van der Waals surface area (Å²) in [6, 6.07) is 22.0. The topological polar surface area (TPSA) is 38.7 Å². The maximum absolute atomic E-state index is 13.3. The molecule has 0 saturated heterocycles. The molecular formula is C21H14FN3. The highest BCUT2D eigenvalue weighted by Crippen LogP contribution is 2.37. The van der Waals surface area contributed by atoms with Crippen molar-refractivity contribution in [2.24, 2.45) is 0 Å². The highest BCUT2D eigenvalue weighted by atomic mass is 19.1. The molecule has 0 aliphatic rings. The summed E-state index contributed by atoms with van der Waals surface area (Å²) in [6.45, 7) is 0. The fourth-order valence-electron chi connectivity index (χ4n) is 2.81. The van der Waals surface area contributed by atoms with Crippen LogP contribution in [0.4, 0.5) is 4.39 Å². The van der Waals surface area contributed by atoms with E-state index in [1.165, 1.54) is 12.1 Å². The van der Waals surface area contributed by atoms with Gasteiger partial charge in [-0.2, -0.15) is 5.10 Å². The monoisotopic (exact) mass is 327 g/mol. The third kappa shape index (κ3) is 3.02. The fraction of sp³-hybridized carbons (Fsp3) is 0. The second-order valence-electron chi connectivity index (χ2n) is 5.57. The minimum atomic E-state index is -0.279. The Morgan fingerprint density at radius 3 is 2.20 bits per heavy atom. The van der Waals surface area contributed by atoms with Crippen LogP contribution in [0.15, 0.2) is 85.2 Å². The van der Waals surface area contributed by atoms with E-state index in [0.717, 1.165) is 27.9 Å². The molecule has 0 amide bonds. The molecule has 0 saturated carbocycles. The Kier molecular flexibility index (Phi) is 4.01. The van der Waals surface area contributed by atoms with Gasteiger partial charge in [0.05, 0.1) is 11.9 Å². The van der Waals surface area contributed by atoms with Crippen LogP contribution >= 0.6 is 0 Å². The van der Waals surface area contributed by atoms with Gasteiger partial charge in [0.1, 0.15) is 11.5 Å². The smallest absolute Gasteiger partial charge is 0.123 e. The number of benzene rings is 2. The highest BCUT2D eigenvalue weighted by molar-refractivity contribution is 5.91. The second-order valence-corrected chi connectivity index (χ2v) is 5.57. The van der Waals surface area contributed by atoms with Gasteiger partial charge in [-0.1, -0.05) is 36.4 Å². The Morgan fingerprint density at radius 1 is 0.720 bits per heavy atom. The molecule has 4 heteroatoms. The predicted octanol–water partition coefficient (Wildman–Crippen LogP) is 5.01. The maximum Gasteiger partial charge on any atom is 0.123 e. The van der Waals surface area contributed by atoms with E-state index in [4.69, 9.17) is 0 Å². The number of nitrogens with zero attached hydrogens (tertiary/aromatic N) is 3. The Bertz CT molecular complexity index is 985.